The zero-order chi connectivity index (χ0) is 8.55. The van der Waals surface area contributed by atoms with Gasteiger partial charge in [-0.15, -0.1) is 11.3 Å². The van der Waals surface area contributed by atoms with E-state index in [2.05, 4.69) is 16.3 Å². The van der Waals surface area contributed by atoms with Crippen molar-refractivity contribution in [2.45, 2.75) is 13.3 Å². The molecule has 0 unspecified atom stereocenters. The molecule has 0 aliphatic rings. The lowest BCUT2D eigenvalue weighted by molar-refractivity contribution is 0.920. The zero-order valence-corrected chi connectivity index (χ0v) is 7.77. The Bertz CT molecular complexity index is 388. The lowest BCUT2D eigenvalue weighted by Crippen LogP contribution is -2.04. The third-order valence-electron chi connectivity index (χ3n) is 1.98. The molecule has 4 heteroatoms. The fourth-order valence-electron chi connectivity index (χ4n) is 1.32. The Balaban J connectivity index is 2.55. The molecule has 0 amide bonds. The summed E-state index contributed by atoms with van der Waals surface area (Å²) in [6, 6.07) is 0. The number of aryl methyl sites for hydroxylation is 1. The third-order valence-corrected chi connectivity index (χ3v) is 2.74. The van der Waals surface area contributed by atoms with Crippen molar-refractivity contribution in [1.82, 2.24) is 9.38 Å². The normalized spacial score (nSPS) is 11.2. The van der Waals surface area contributed by atoms with Crippen LogP contribution in [0.5, 0.6) is 0 Å². The third kappa shape index (κ3) is 1.04. The molecule has 2 N–H and O–H groups in total. The van der Waals surface area contributed by atoms with Crippen molar-refractivity contribution >= 4 is 16.3 Å². The summed E-state index contributed by atoms with van der Waals surface area (Å²) in [4.78, 5) is 5.53. The first-order chi connectivity index (χ1) is 5.83. The van der Waals surface area contributed by atoms with Crippen LogP contribution in [0.4, 0.5) is 0 Å². The lowest BCUT2D eigenvalue weighted by Gasteiger charge is -1.93. The summed E-state index contributed by atoms with van der Waals surface area (Å²) in [6.45, 7) is 2.75. The van der Waals surface area contributed by atoms with Gasteiger partial charge in [0.05, 0.1) is 5.69 Å². The van der Waals surface area contributed by atoms with Gasteiger partial charge in [-0.2, -0.15) is 0 Å². The average molecular weight is 181 g/mol. The smallest absolute Gasteiger partial charge is 0.194 e. The van der Waals surface area contributed by atoms with Crippen molar-refractivity contribution in [2.24, 2.45) is 5.73 Å². The zero-order valence-electron chi connectivity index (χ0n) is 6.95. The van der Waals surface area contributed by atoms with Gasteiger partial charge in [0.1, 0.15) is 0 Å². The van der Waals surface area contributed by atoms with E-state index in [0.717, 1.165) is 17.1 Å². The maximum Gasteiger partial charge on any atom is 0.194 e. The lowest BCUT2D eigenvalue weighted by atomic mass is 10.2. The summed E-state index contributed by atoms with van der Waals surface area (Å²) in [5, 5.41) is 2.04. The van der Waals surface area contributed by atoms with Crippen molar-refractivity contribution in [3.8, 4) is 0 Å². The number of thiazole rings is 1. The number of nitrogens with zero attached hydrogens (tertiary/aromatic N) is 2. The number of hydrogen-bond donors (Lipinski definition) is 1. The van der Waals surface area contributed by atoms with Crippen molar-refractivity contribution in [2.75, 3.05) is 6.54 Å². The van der Waals surface area contributed by atoms with Crippen LogP contribution in [0.1, 0.15) is 11.4 Å². The molecule has 0 saturated carbocycles. The first kappa shape index (κ1) is 7.76. The van der Waals surface area contributed by atoms with Gasteiger partial charge in [0.2, 0.25) is 0 Å². The second-order valence-corrected chi connectivity index (χ2v) is 3.61. The molecule has 64 valence electrons. The summed E-state index contributed by atoms with van der Waals surface area (Å²) in [5.74, 6) is 0. The minimum atomic E-state index is 0.672. The summed E-state index contributed by atoms with van der Waals surface area (Å²) in [7, 11) is 0. The van der Waals surface area contributed by atoms with Gasteiger partial charge < -0.3 is 5.73 Å². The fraction of sp³-hybridized carbons (Fsp3) is 0.375. The van der Waals surface area contributed by atoms with E-state index >= 15 is 0 Å². The monoisotopic (exact) mass is 181 g/mol. The Morgan fingerprint density at radius 1 is 1.67 bits per heavy atom. The van der Waals surface area contributed by atoms with Crippen LogP contribution < -0.4 is 5.73 Å². The number of fused-ring (bicyclic) bond motifs is 1. The Morgan fingerprint density at radius 2 is 2.50 bits per heavy atom. The topological polar surface area (TPSA) is 43.3 Å². The Hall–Kier alpha value is -0.870. The molecule has 0 atom stereocenters. The van der Waals surface area contributed by atoms with E-state index in [1.165, 1.54) is 5.69 Å². The van der Waals surface area contributed by atoms with Crippen molar-refractivity contribution in [1.29, 1.82) is 0 Å². The summed E-state index contributed by atoms with van der Waals surface area (Å²) in [5.41, 5.74) is 7.82. The molecule has 2 heterocycles. The van der Waals surface area contributed by atoms with Crippen LogP contribution in [0.15, 0.2) is 11.6 Å². The molecular formula is C8H11N3S. The molecule has 2 aromatic rings. The van der Waals surface area contributed by atoms with Crippen molar-refractivity contribution in [3.05, 3.63) is 23.0 Å². The van der Waals surface area contributed by atoms with Crippen molar-refractivity contribution in [3.63, 3.8) is 0 Å². The molecule has 0 radical (unpaired) electrons. The van der Waals surface area contributed by atoms with Crippen LogP contribution >= 0.6 is 11.3 Å². The Kier molecular flexibility index (Phi) is 1.86. The van der Waals surface area contributed by atoms with E-state index in [-0.39, 0.29) is 0 Å². The quantitative estimate of drug-likeness (QED) is 0.756. The molecule has 0 spiro atoms. The highest BCUT2D eigenvalue weighted by atomic mass is 32.1. The second-order valence-electron chi connectivity index (χ2n) is 2.74. The van der Waals surface area contributed by atoms with E-state index in [1.54, 1.807) is 11.3 Å². The highest BCUT2D eigenvalue weighted by Gasteiger charge is 2.06. The Labute approximate surface area is 74.8 Å². The SMILES string of the molecule is Cc1c(CCN)nc2sccn12. The highest BCUT2D eigenvalue weighted by molar-refractivity contribution is 7.15. The molecule has 0 saturated heterocycles. The molecule has 0 fully saturated rings. The predicted molar refractivity (Wildman–Crippen MR) is 50.6 cm³/mol. The van der Waals surface area contributed by atoms with Crippen LogP contribution in [-0.4, -0.2) is 15.9 Å². The van der Waals surface area contributed by atoms with E-state index in [9.17, 15) is 0 Å². The first-order valence-corrected chi connectivity index (χ1v) is 4.82. The average Bonchev–Trinajstić information content (AvgIpc) is 2.58. The van der Waals surface area contributed by atoms with Crippen LogP contribution in [0.2, 0.25) is 0 Å². The molecule has 0 aromatic carbocycles. The number of aromatic nitrogens is 2. The van der Waals surface area contributed by atoms with Crippen LogP contribution in [0.25, 0.3) is 4.96 Å². The second kappa shape index (κ2) is 2.88. The molecule has 3 nitrogen and oxygen atoms in total. The van der Waals surface area contributed by atoms with E-state index in [0.29, 0.717) is 6.54 Å². The van der Waals surface area contributed by atoms with E-state index < -0.39 is 0 Å². The maximum absolute atomic E-state index is 5.47. The number of nitrogens with two attached hydrogens (primary N) is 1. The van der Waals surface area contributed by atoms with E-state index in [1.807, 2.05) is 11.6 Å². The minimum absolute atomic E-state index is 0.672. The number of imidazole rings is 1. The van der Waals surface area contributed by atoms with Gasteiger partial charge in [-0.25, -0.2) is 4.98 Å². The van der Waals surface area contributed by atoms with Gasteiger partial charge >= 0.3 is 0 Å². The molecular weight excluding hydrogens is 170 g/mol. The van der Waals surface area contributed by atoms with Crippen molar-refractivity contribution < 1.29 is 0 Å². The standard InChI is InChI=1S/C8H11N3S/c1-6-7(2-3-9)10-8-11(6)4-5-12-8/h4-5H,2-3,9H2,1H3. The van der Waals surface area contributed by atoms with Gasteiger partial charge in [-0.3, -0.25) is 4.40 Å². The number of hydrogen-bond acceptors (Lipinski definition) is 3. The predicted octanol–water partition coefficient (Wildman–Crippen LogP) is 1.21. The van der Waals surface area contributed by atoms with Gasteiger partial charge in [0, 0.05) is 23.7 Å². The van der Waals surface area contributed by atoms with Crippen LogP contribution in [0.3, 0.4) is 0 Å². The summed E-state index contributed by atoms with van der Waals surface area (Å²) < 4.78 is 2.11. The molecule has 2 rings (SSSR count). The van der Waals surface area contributed by atoms with Crippen LogP contribution in [-0.2, 0) is 6.42 Å². The Morgan fingerprint density at radius 3 is 3.17 bits per heavy atom. The first-order valence-electron chi connectivity index (χ1n) is 3.94. The largest absolute Gasteiger partial charge is 0.330 e. The molecule has 0 aliphatic carbocycles. The minimum Gasteiger partial charge on any atom is -0.330 e. The van der Waals surface area contributed by atoms with Gasteiger partial charge in [0.15, 0.2) is 4.96 Å². The van der Waals surface area contributed by atoms with Crippen LogP contribution in [0, 0.1) is 6.92 Å². The number of rotatable bonds is 2. The van der Waals surface area contributed by atoms with Gasteiger partial charge in [-0.05, 0) is 13.5 Å². The molecule has 0 aliphatic heterocycles. The summed E-state index contributed by atoms with van der Waals surface area (Å²) >= 11 is 1.66. The fourth-order valence-corrected chi connectivity index (χ4v) is 2.10. The summed E-state index contributed by atoms with van der Waals surface area (Å²) in [6.07, 6.45) is 2.92. The maximum atomic E-state index is 5.47. The van der Waals surface area contributed by atoms with Gasteiger partial charge in [0.25, 0.3) is 0 Å². The van der Waals surface area contributed by atoms with E-state index in [4.69, 9.17) is 5.73 Å². The highest BCUT2D eigenvalue weighted by Crippen LogP contribution is 2.16. The van der Waals surface area contributed by atoms with Gasteiger partial charge in [-0.1, -0.05) is 0 Å². The molecule has 2 aromatic heterocycles. The molecule has 12 heavy (non-hydrogen) atoms. The molecule has 0 bridgehead atoms.